The van der Waals surface area contributed by atoms with Crippen LogP contribution in [0.3, 0.4) is 0 Å². The van der Waals surface area contributed by atoms with E-state index in [1.807, 2.05) is 18.2 Å². The van der Waals surface area contributed by atoms with Crippen molar-refractivity contribution in [2.45, 2.75) is 38.9 Å². The summed E-state index contributed by atoms with van der Waals surface area (Å²) in [6.07, 6.45) is 0.524. The van der Waals surface area contributed by atoms with E-state index in [-0.39, 0.29) is 23.3 Å². The molecule has 2 heterocycles. The number of ether oxygens (including phenoxy) is 1. The van der Waals surface area contributed by atoms with Crippen LogP contribution < -0.4 is 5.56 Å². The molecule has 2 aromatic rings. The van der Waals surface area contributed by atoms with Crippen molar-refractivity contribution in [1.29, 1.82) is 0 Å². The van der Waals surface area contributed by atoms with Gasteiger partial charge in [0.2, 0.25) is 5.91 Å². The van der Waals surface area contributed by atoms with Crippen LogP contribution in [0.25, 0.3) is 10.9 Å². The van der Waals surface area contributed by atoms with Crippen molar-refractivity contribution >= 4 is 34.7 Å². The number of carbonyl (C=O) groups is 2. The lowest BCUT2D eigenvalue weighted by molar-refractivity contribution is -0.129. The largest absolute Gasteiger partial charge is 0.450 e. The molecule has 0 saturated carbocycles. The normalized spacial score (nSPS) is 14.3. The zero-order valence-corrected chi connectivity index (χ0v) is 19.2. The van der Waals surface area contributed by atoms with Crippen LogP contribution >= 0.6 is 11.8 Å². The number of hydrogen-bond donors (Lipinski definition) is 0. The van der Waals surface area contributed by atoms with Gasteiger partial charge in [-0.25, -0.2) is 9.78 Å². The molecule has 8 nitrogen and oxygen atoms in total. The van der Waals surface area contributed by atoms with Gasteiger partial charge in [-0.1, -0.05) is 37.7 Å². The molecule has 0 unspecified atom stereocenters. The minimum Gasteiger partial charge on any atom is -0.450 e. The summed E-state index contributed by atoms with van der Waals surface area (Å²) in [6, 6.07) is 7.31. The number of thioether (sulfide) groups is 1. The van der Waals surface area contributed by atoms with E-state index in [1.54, 1.807) is 27.4 Å². The predicted octanol–water partition coefficient (Wildman–Crippen LogP) is 2.84. The van der Waals surface area contributed by atoms with Crippen LogP contribution in [0.5, 0.6) is 0 Å². The summed E-state index contributed by atoms with van der Waals surface area (Å²) in [5.41, 5.74) is 0.579. The molecule has 2 amide bonds. The van der Waals surface area contributed by atoms with E-state index in [4.69, 9.17) is 4.74 Å². The summed E-state index contributed by atoms with van der Waals surface area (Å²) in [7, 11) is 0. The molecule has 1 aliphatic rings. The van der Waals surface area contributed by atoms with Gasteiger partial charge in [-0.2, -0.15) is 0 Å². The molecule has 3 rings (SSSR count). The molecule has 0 N–H and O–H groups in total. The number of benzene rings is 1. The van der Waals surface area contributed by atoms with Crippen molar-refractivity contribution in [3.05, 3.63) is 34.6 Å². The third kappa shape index (κ3) is 5.78. The lowest BCUT2D eigenvalue weighted by Gasteiger charge is -2.34. The second-order valence-corrected chi connectivity index (χ2v) is 8.85. The van der Waals surface area contributed by atoms with Gasteiger partial charge >= 0.3 is 6.09 Å². The first kappa shape index (κ1) is 23.1. The zero-order valence-electron chi connectivity index (χ0n) is 18.4. The molecule has 168 valence electrons. The van der Waals surface area contributed by atoms with Gasteiger partial charge in [-0.15, -0.1) is 0 Å². The smallest absolute Gasteiger partial charge is 0.409 e. The molecule has 1 aromatic heterocycles. The Morgan fingerprint density at radius 1 is 1.13 bits per heavy atom. The van der Waals surface area contributed by atoms with Gasteiger partial charge in [0.25, 0.3) is 5.56 Å². The van der Waals surface area contributed by atoms with Crippen molar-refractivity contribution < 1.29 is 14.3 Å². The molecule has 0 spiro atoms. The minimum absolute atomic E-state index is 0.0219. The number of carbonyl (C=O) groups excluding carboxylic acids is 2. The molecule has 1 saturated heterocycles. The number of amides is 2. The summed E-state index contributed by atoms with van der Waals surface area (Å²) in [5, 5.41) is 1.17. The van der Waals surface area contributed by atoms with Crippen LogP contribution in [-0.4, -0.2) is 69.9 Å². The van der Waals surface area contributed by atoms with Gasteiger partial charge in [0.05, 0.1) is 23.3 Å². The predicted molar refractivity (Wildman–Crippen MR) is 121 cm³/mol. The Labute approximate surface area is 186 Å². The highest BCUT2D eigenvalue weighted by Crippen LogP contribution is 2.20. The maximum atomic E-state index is 13.0. The molecule has 0 aliphatic carbocycles. The third-order valence-corrected chi connectivity index (χ3v) is 6.20. The quantitative estimate of drug-likeness (QED) is 0.480. The third-order valence-electron chi connectivity index (χ3n) is 5.24. The topological polar surface area (TPSA) is 84.7 Å². The van der Waals surface area contributed by atoms with Crippen LogP contribution in [0, 0.1) is 5.92 Å². The molecule has 9 heteroatoms. The van der Waals surface area contributed by atoms with E-state index in [9.17, 15) is 14.4 Å². The fourth-order valence-electron chi connectivity index (χ4n) is 3.41. The van der Waals surface area contributed by atoms with Gasteiger partial charge in [-0.05, 0) is 31.4 Å². The molecular weight excluding hydrogens is 416 g/mol. The number of rotatable bonds is 7. The van der Waals surface area contributed by atoms with Gasteiger partial charge in [0.1, 0.15) is 0 Å². The van der Waals surface area contributed by atoms with Crippen molar-refractivity contribution in [3.8, 4) is 0 Å². The first-order valence-electron chi connectivity index (χ1n) is 10.7. The molecule has 31 heavy (non-hydrogen) atoms. The van der Waals surface area contributed by atoms with E-state index >= 15 is 0 Å². The number of aromatic nitrogens is 2. The van der Waals surface area contributed by atoms with Crippen LogP contribution in [0.2, 0.25) is 0 Å². The zero-order chi connectivity index (χ0) is 22.4. The highest BCUT2D eigenvalue weighted by molar-refractivity contribution is 7.99. The van der Waals surface area contributed by atoms with Gasteiger partial charge in [0.15, 0.2) is 5.16 Å². The lowest BCUT2D eigenvalue weighted by Crippen LogP contribution is -2.51. The highest BCUT2D eigenvalue weighted by atomic mass is 32.2. The van der Waals surface area contributed by atoms with Crippen molar-refractivity contribution in [1.82, 2.24) is 19.4 Å². The average Bonchev–Trinajstić information content (AvgIpc) is 2.77. The Kier molecular flexibility index (Phi) is 7.95. The van der Waals surface area contributed by atoms with Crippen LogP contribution in [0.15, 0.2) is 34.2 Å². The maximum Gasteiger partial charge on any atom is 0.409 e. The second-order valence-electron chi connectivity index (χ2n) is 7.91. The van der Waals surface area contributed by atoms with Crippen molar-refractivity contribution in [3.63, 3.8) is 0 Å². The van der Waals surface area contributed by atoms with Crippen molar-refractivity contribution in [2.75, 3.05) is 38.5 Å². The van der Waals surface area contributed by atoms with E-state index in [0.717, 1.165) is 6.42 Å². The van der Waals surface area contributed by atoms with E-state index in [2.05, 4.69) is 18.8 Å². The Balaban J connectivity index is 1.68. The first-order chi connectivity index (χ1) is 14.9. The molecule has 0 radical (unpaired) electrons. The summed E-state index contributed by atoms with van der Waals surface area (Å²) >= 11 is 1.30. The van der Waals surface area contributed by atoms with Crippen LogP contribution in [-0.2, 0) is 16.1 Å². The average molecular weight is 447 g/mol. The Bertz CT molecular complexity index is 983. The summed E-state index contributed by atoms with van der Waals surface area (Å²) in [6.45, 7) is 8.79. The standard InChI is InChI=1S/C22H30N4O4S/c1-4-30-22(29)25-13-11-24(12-14-25)19(27)15-31-21-23-18-8-6-5-7-17(18)20(28)26(21)10-9-16(2)3/h5-8,16H,4,9-15H2,1-3H3. The molecule has 0 bridgehead atoms. The van der Waals surface area contributed by atoms with Crippen molar-refractivity contribution in [2.24, 2.45) is 5.92 Å². The fraction of sp³-hybridized carbons (Fsp3) is 0.545. The SMILES string of the molecule is CCOC(=O)N1CCN(C(=O)CSc2nc3ccccc3c(=O)n2CCC(C)C)CC1. The highest BCUT2D eigenvalue weighted by Gasteiger charge is 2.25. The Morgan fingerprint density at radius 2 is 1.81 bits per heavy atom. The van der Waals surface area contributed by atoms with Gasteiger partial charge in [0, 0.05) is 32.7 Å². The van der Waals surface area contributed by atoms with Gasteiger partial charge < -0.3 is 14.5 Å². The van der Waals surface area contributed by atoms with E-state index < -0.39 is 0 Å². The number of nitrogens with zero attached hydrogens (tertiary/aromatic N) is 4. The lowest BCUT2D eigenvalue weighted by atomic mass is 10.1. The van der Waals surface area contributed by atoms with E-state index in [1.165, 1.54) is 11.8 Å². The number of hydrogen-bond acceptors (Lipinski definition) is 6. The molecule has 0 atom stereocenters. The molecule has 1 fully saturated rings. The number of para-hydroxylation sites is 1. The maximum absolute atomic E-state index is 13.0. The summed E-state index contributed by atoms with van der Waals surface area (Å²) in [4.78, 5) is 45.7. The van der Waals surface area contributed by atoms with E-state index in [0.29, 0.717) is 61.3 Å². The minimum atomic E-state index is -0.335. The Hall–Kier alpha value is -2.55. The molecule has 1 aliphatic heterocycles. The fourth-order valence-corrected chi connectivity index (χ4v) is 4.34. The van der Waals surface area contributed by atoms with Crippen LogP contribution in [0.4, 0.5) is 4.79 Å². The van der Waals surface area contributed by atoms with Crippen LogP contribution in [0.1, 0.15) is 27.2 Å². The summed E-state index contributed by atoms with van der Waals surface area (Å²) in [5.74, 6) is 0.631. The molecular formula is C22H30N4O4S. The number of piperazine rings is 1. The molecule has 1 aromatic carbocycles. The number of fused-ring (bicyclic) bond motifs is 1. The Morgan fingerprint density at radius 3 is 2.48 bits per heavy atom. The second kappa shape index (κ2) is 10.7. The first-order valence-corrected chi connectivity index (χ1v) is 11.7. The van der Waals surface area contributed by atoms with Gasteiger partial charge in [-0.3, -0.25) is 14.2 Å². The monoisotopic (exact) mass is 446 g/mol. The summed E-state index contributed by atoms with van der Waals surface area (Å²) < 4.78 is 6.71.